The number of aliphatic hydroxyl groups is 1. The summed E-state index contributed by atoms with van der Waals surface area (Å²) in [7, 11) is 0. The van der Waals surface area contributed by atoms with Crippen LogP contribution in [0.4, 0.5) is 0 Å². The molecule has 1 N–H and O–H groups in total. The number of rotatable bonds is 42. The Morgan fingerprint density at radius 1 is 0.373 bits per heavy atom. The van der Waals surface area contributed by atoms with Crippen molar-refractivity contribution in [1.82, 2.24) is 0 Å². The van der Waals surface area contributed by atoms with Crippen molar-refractivity contribution >= 4 is 53.7 Å². The molecule has 2 aliphatic carbocycles. The molecule has 0 amide bonds. The number of carbonyl (C=O) groups is 9. The van der Waals surface area contributed by atoms with Crippen molar-refractivity contribution < 1.29 is 100 Å². The van der Waals surface area contributed by atoms with Gasteiger partial charge in [0.1, 0.15) is 45.6 Å². The van der Waals surface area contributed by atoms with E-state index in [1.54, 1.807) is 31.2 Å². The maximum atomic E-state index is 14.2. The Hall–Kier alpha value is -8.33. The maximum absolute atomic E-state index is 14.2. The highest BCUT2D eigenvalue weighted by molar-refractivity contribution is 5.98. The highest BCUT2D eigenvalue weighted by atomic mass is 16.7. The fourth-order valence-corrected chi connectivity index (χ4v) is 11.9. The minimum atomic E-state index is -1.23. The minimum Gasteiger partial charge on any atom is -0.494 e. The maximum Gasteiger partial charge on any atom is 0.344 e. The lowest BCUT2D eigenvalue weighted by atomic mass is 9.80. The van der Waals surface area contributed by atoms with Gasteiger partial charge in [0.05, 0.1) is 60.5 Å². The van der Waals surface area contributed by atoms with Gasteiger partial charge in [0.25, 0.3) is 0 Å². The van der Waals surface area contributed by atoms with E-state index in [0.717, 1.165) is 102 Å². The number of carbonyl (C=O) groups excluding carboxylic acids is 9. The summed E-state index contributed by atoms with van der Waals surface area (Å²) in [6.45, 7) is 10.5. The van der Waals surface area contributed by atoms with E-state index in [4.69, 9.17) is 52.1 Å². The molecular formula is C89H150O21. The molecule has 4 aromatic rings. The number of ether oxygens (including phenoxy) is 11. The predicted octanol–water partition coefficient (Wildman–Crippen LogP) is 23.1. The molecule has 0 heterocycles. The molecule has 6 rings (SSSR count). The summed E-state index contributed by atoms with van der Waals surface area (Å²) in [5.74, 6) is -9.71. The molecule has 0 radical (unpaired) electrons. The first-order valence-electron chi connectivity index (χ1n) is 35.5. The van der Waals surface area contributed by atoms with Gasteiger partial charge in [-0.25, -0.2) is 19.2 Å². The number of unbranched alkanes of at least 4 members (excludes halogenated alkanes) is 7. The second kappa shape index (κ2) is 63.3. The average Bonchev–Trinajstić information content (AvgIpc) is 0.824. The van der Waals surface area contributed by atoms with Crippen molar-refractivity contribution in [3.05, 3.63) is 107 Å². The van der Waals surface area contributed by atoms with Crippen LogP contribution < -0.4 is 28.4 Å². The van der Waals surface area contributed by atoms with Crippen LogP contribution in [0.3, 0.4) is 0 Å². The summed E-state index contributed by atoms with van der Waals surface area (Å²) in [4.78, 5) is 124. The fourth-order valence-electron chi connectivity index (χ4n) is 11.9. The minimum absolute atomic E-state index is 0. The SMILES string of the molecule is C.C.C.C.C.C.C.C.C.C.C.C.CCCCCC1CCC(C(=O)Oc2ccc(OC(=O)C3CCC(CCCCC)CC3)c(C(=O)OCOC(=O)C(CC(C)C(=O)OCOC(=O)c3cc(OC(=O)c4ccc(OCCCC)cc4)ccc3OC(=O)c3ccc(OCCCC)cc3)CC(CC)C(=O)OCCCCO)c2)CC1. The number of aliphatic hydroxyl groups excluding tert-OH is 1. The van der Waals surface area contributed by atoms with Crippen LogP contribution in [0.25, 0.3) is 0 Å². The summed E-state index contributed by atoms with van der Waals surface area (Å²) in [6.07, 6.45) is 19.3. The van der Waals surface area contributed by atoms with Gasteiger partial charge in [-0.15, -0.1) is 0 Å². The molecule has 21 heteroatoms. The van der Waals surface area contributed by atoms with E-state index in [-0.39, 0.29) is 173 Å². The molecule has 0 aliphatic heterocycles. The van der Waals surface area contributed by atoms with E-state index < -0.39 is 91.0 Å². The molecule has 21 nitrogen and oxygen atoms in total. The van der Waals surface area contributed by atoms with Crippen LogP contribution in [-0.2, 0) is 47.7 Å². The third-order valence-corrected chi connectivity index (χ3v) is 18.0. The highest BCUT2D eigenvalue weighted by Crippen LogP contribution is 2.37. The van der Waals surface area contributed by atoms with Crippen LogP contribution in [-0.4, -0.2) is 98.8 Å². The Balaban J connectivity index is -0.00000177. The second-order valence-corrected chi connectivity index (χ2v) is 25.6. The Labute approximate surface area is 665 Å². The second-order valence-electron chi connectivity index (χ2n) is 25.6. The Morgan fingerprint density at radius 2 is 0.764 bits per heavy atom. The van der Waals surface area contributed by atoms with Gasteiger partial charge >= 0.3 is 53.7 Å². The lowest BCUT2D eigenvalue weighted by Gasteiger charge is -2.27. The van der Waals surface area contributed by atoms with Crippen LogP contribution in [0, 0.1) is 41.4 Å². The van der Waals surface area contributed by atoms with Crippen molar-refractivity contribution in [3.63, 3.8) is 0 Å². The molecule has 0 spiro atoms. The van der Waals surface area contributed by atoms with E-state index in [0.29, 0.717) is 75.1 Å². The van der Waals surface area contributed by atoms with Gasteiger partial charge in [-0.2, -0.15) is 0 Å². The van der Waals surface area contributed by atoms with E-state index in [2.05, 4.69) is 13.8 Å². The Kier molecular flexibility index (Phi) is 66.2. The lowest BCUT2D eigenvalue weighted by molar-refractivity contribution is -0.162. The van der Waals surface area contributed by atoms with Crippen LogP contribution in [0.2, 0.25) is 0 Å². The monoisotopic (exact) mass is 1560 g/mol. The first-order valence-corrected chi connectivity index (χ1v) is 35.5. The first kappa shape index (κ1) is 115. The highest BCUT2D eigenvalue weighted by Gasteiger charge is 2.35. The molecule has 2 aliphatic rings. The summed E-state index contributed by atoms with van der Waals surface area (Å²) in [6, 6.07) is 20.2. The third-order valence-electron chi connectivity index (χ3n) is 18.0. The Morgan fingerprint density at radius 3 is 1.19 bits per heavy atom. The van der Waals surface area contributed by atoms with Gasteiger partial charge < -0.3 is 57.2 Å². The normalized spacial score (nSPS) is 14.9. The molecule has 3 atom stereocenters. The Bertz CT molecular complexity index is 3160. The largest absolute Gasteiger partial charge is 0.494 e. The quantitative estimate of drug-likeness (QED) is 0.0142. The summed E-state index contributed by atoms with van der Waals surface area (Å²) >= 11 is 0. The zero-order valence-corrected chi connectivity index (χ0v) is 58.2. The molecule has 0 aromatic heterocycles. The molecule has 4 aromatic carbocycles. The molecule has 2 saturated carbocycles. The van der Waals surface area contributed by atoms with Gasteiger partial charge in [0.2, 0.25) is 13.6 Å². The van der Waals surface area contributed by atoms with Crippen LogP contribution in [0.15, 0.2) is 84.9 Å². The standard InChI is InChI=1S/C77H102O21.12CH4/c1-7-12-16-20-53-22-26-56(27-23-53)72(82)95-63-38-40-67(97-74(84)57-28-24-54(25-29-57)21-17-13-8-2)66(48-63)77(87)94-51-92-71(81)60(47-55(11-5)70(80)90-45-19-18-42-78)46-52(6)69(79)91-50-93-76(86)65-49-64(96-73(83)58-30-34-61(35-31-58)88-43-14-9-3)39-41-68(65)98-75(85)59-32-36-62(37-33-59)89-44-15-10-4;;;;;;;;;;;;/h30-41,48-49,52-57,60,78H,7-29,42-47,50-51H2,1-6H3;12*1H4. The molecule has 3 unspecified atom stereocenters. The molecule has 0 saturated heterocycles. The molecule has 2 fully saturated rings. The van der Waals surface area contributed by atoms with Crippen molar-refractivity contribution in [2.45, 2.75) is 291 Å². The van der Waals surface area contributed by atoms with E-state index >= 15 is 0 Å². The molecule has 0 bridgehead atoms. The topological polar surface area (TPSA) is 275 Å². The third kappa shape index (κ3) is 39.0. The molecule has 632 valence electrons. The van der Waals surface area contributed by atoms with Crippen molar-refractivity contribution in [2.75, 3.05) is 40.0 Å². The van der Waals surface area contributed by atoms with Crippen LogP contribution in [0.5, 0.6) is 34.5 Å². The van der Waals surface area contributed by atoms with E-state index in [9.17, 15) is 48.3 Å². The average molecular weight is 1560 g/mol. The van der Waals surface area contributed by atoms with Gasteiger partial charge in [-0.05, 0) is 193 Å². The molecule has 110 heavy (non-hydrogen) atoms. The predicted molar refractivity (Wildman–Crippen MR) is 443 cm³/mol. The van der Waals surface area contributed by atoms with Crippen molar-refractivity contribution in [3.8, 4) is 34.5 Å². The number of esters is 9. The zero-order chi connectivity index (χ0) is 70.6. The number of benzene rings is 4. The zero-order valence-electron chi connectivity index (χ0n) is 58.2. The number of hydrogen-bond donors (Lipinski definition) is 1. The fraction of sp³-hybridized carbons (Fsp3) is 0.629. The summed E-state index contributed by atoms with van der Waals surface area (Å²) in [5.41, 5.74) is -0.360. The van der Waals surface area contributed by atoms with E-state index in [1.807, 2.05) is 13.8 Å². The lowest BCUT2D eigenvalue weighted by Crippen LogP contribution is -2.30. The van der Waals surface area contributed by atoms with Gasteiger partial charge in [0.15, 0.2) is 0 Å². The van der Waals surface area contributed by atoms with E-state index in [1.165, 1.54) is 67.9 Å². The van der Waals surface area contributed by atoms with Gasteiger partial charge in [0, 0.05) is 6.61 Å². The van der Waals surface area contributed by atoms with Crippen molar-refractivity contribution in [1.29, 1.82) is 0 Å². The van der Waals surface area contributed by atoms with Gasteiger partial charge in [-0.1, -0.05) is 195 Å². The number of hydrogen-bond acceptors (Lipinski definition) is 21. The summed E-state index contributed by atoms with van der Waals surface area (Å²) in [5, 5.41) is 9.29. The van der Waals surface area contributed by atoms with Crippen molar-refractivity contribution in [2.24, 2.45) is 41.4 Å². The smallest absolute Gasteiger partial charge is 0.344 e. The van der Waals surface area contributed by atoms with Gasteiger partial charge in [-0.3, -0.25) is 24.0 Å². The summed E-state index contributed by atoms with van der Waals surface area (Å²) < 4.78 is 61.9. The van der Waals surface area contributed by atoms with Crippen LogP contribution >= 0.6 is 0 Å². The molecular weight excluding hydrogens is 1400 g/mol. The van der Waals surface area contributed by atoms with Crippen LogP contribution in [0.1, 0.15) is 333 Å². The first-order chi connectivity index (χ1) is 47.5.